The molecule has 24 heavy (non-hydrogen) atoms. The van der Waals surface area contributed by atoms with Crippen LogP contribution in [0.3, 0.4) is 0 Å². The molecule has 132 valence electrons. The van der Waals surface area contributed by atoms with Gasteiger partial charge in [0, 0.05) is 12.0 Å². The first-order valence-electron chi connectivity index (χ1n) is 8.17. The third-order valence-corrected chi connectivity index (χ3v) is 5.17. The van der Waals surface area contributed by atoms with Crippen LogP contribution in [0.15, 0.2) is 30.3 Å². The molecule has 3 atom stereocenters. The molecule has 1 aliphatic heterocycles. The zero-order valence-electron chi connectivity index (χ0n) is 14.3. The summed E-state index contributed by atoms with van der Waals surface area (Å²) < 4.78 is 5.68. The predicted molar refractivity (Wildman–Crippen MR) is 88.8 cm³/mol. The number of hydrogen-bond donors (Lipinski definition) is 3. The van der Waals surface area contributed by atoms with Crippen LogP contribution in [-0.2, 0) is 9.53 Å². The smallest absolute Gasteiger partial charge is 0.338 e. The number of carboxylic acid groups (broad SMARTS) is 1. The Morgan fingerprint density at radius 1 is 1.25 bits per heavy atom. The van der Waals surface area contributed by atoms with Gasteiger partial charge in [0.1, 0.15) is 5.54 Å². The van der Waals surface area contributed by atoms with Crippen molar-refractivity contribution >= 4 is 11.9 Å². The summed E-state index contributed by atoms with van der Waals surface area (Å²) in [7, 11) is 0. The molecular weight excluding hydrogens is 310 g/mol. The zero-order valence-corrected chi connectivity index (χ0v) is 14.3. The number of carbonyl (C=O) groups is 2. The van der Waals surface area contributed by atoms with Crippen molar-refractivity contribution < 1.29 is 24.5 Å². The van der Waals surface area contributed by atoms with Gasteiger partial charge in [0.05, 0.1) is 12.2 Å². The molecule has 1 aliphatic rings. The van der Waals surface area contributed by atoms with E-state index in [9.17, 15) is 19.8 Å². The molecule has 0 aromatic heterocycles. The van der Waals surface area contributed by atoms with E-state index in [0.29, 0.717) is 12.0 Å². The van der Waals surface area contributed by atoms with E-state index in [4.69, 9.17) is 4.74 Å². The summed E-state index contributed by atoms with van der Waals surface area (Å²) in [4.78, 5) is 24.8. The second-order valence-corrected chi connectivity index (χ2v) is 6.70. The summed E-state index contributed by atoms with van der Waals surface area (Å²) in [6.45, 7) is 5.07. The molecule has 0 spiro atoms. The third-order valence-electron chi connectivity index (χ3n) is 5.17. The van der Waals surface area contributed by atoms with Gasteiger partial charge in [-0.15, -0.1) is 0 Å². The quantitative estimate of drug-likeness (QED) is 0.764. The van der Waals surface area contributed by atoms with Gasteiger partial charge in [0.25, 0.3) is 5.91 Å². The Morgan fingerprint density at radius 3 is 2.42 bits per heavy atom. The second-order valence-electron chi connectivity index (χ2n) is 6.70. The lowest BCUT2D eigenvalue weighted by atomic mass is 9.64. The number of aliphatic hydroxyl groups is 1. The molecule has 0 bridgehead atoms. The molecule has 1 aromatic carbocycles. The summed E-state index contributed by atoms with van der Waals surface area (Å²) in [5, 5.41) is 23.6. The Labute approximate surface area is 141 Å². The van der Waals surface area contributed by atoms with Crippen molar-refractivity contribution in [2.75, 3.05) is 6.61 Å². The maximum Gasteiger partial charge on any atom is 0.338 e. The molecule has 3 unspecified atom stereocenters. The van der Waals surface area contributed by atoms with Crippen LogP contribution in [0.2, 0.25) is 0 Å². The van der Waals surface area contributed by atoms with Gasteiger partial charge in [-0.2, -0.15) is 0 Å². The topological polar surface area (TPSA) is 95.9 Å². The highest BCUT2D eigenvalue weighted by Gasteiger charge is 2.65. The molecule has 1 saturated heterocycles. The van der Waals surface area contributed by atoms with Crippen molar-refractivity contribution in [3.05, 3.63) is 35.9 Å². The van der Waals surface area contributed by atoms with Gasteiger partial charge in [-0.05, 0) is 32.4 Å². The van der Waals surface area contributed by atoms with E-state index in [0.717, 1.165) is 0 Å². The van der Waals surface area contributed by atoms with Gasteiger partial charge in [-0.25, -0.2) is 4.79 Å². The molecule has 0 aliphatic carbocycles. The van der Waals surface area contributed by atoms with E-state index in [2.05, 4.69) is 5.32 Å². The monoisotopic (exact) mass is 335 g/mol. The fourth-order valence-corrected chi connectivity index (χ4v) is 3.43. The highest BCUT2D eigenvalue weighted by atomic mass is 16.5. The van der Waals surface area contributed by atoms with E-state index in [-0.39, 0.29) is 19.4 Å². The average Bonchev–Trinajstić information content (AvgIpc) is 2.53. The zero-order chi connectivity index (χ0) is 18.0. The van der Waals surface area contributed by atoms with E-state index < -0.39 is 28.6 Å². The van der Waals surface area contributed by atoms with Crippen LogP contribution in [0.25, 0.3) is 0 Å². The molecule has 6 nitrogen and oxygen atoms in total. The van der Waals surface area contributed by atoms with Gasteiger partial charge >= 0.3 is 5.97 Å². The highest BCUT2D eigenvalue weighted by molar-refractivity contribution is 5.95. The van der Waals surface area contributed by atoms with Gasteiger partial charge in [-0.3, -0.25) is 4.79 Å². The molecule has 1 fully saturated rings. The van der Waals surface area contributed by atoms with Crippen LogP contribution >= 0.6 is 0 Å². The van der Waals surface area contributed by atoms with E-state index in [1.54, 1.807) is 44.2 Å². The number of nitrogens with one attached hydrogen (secondary N) is 1. The molecule has 1 aromatic rings. The molecule has 3 N–H and O–H groups in total. The lowest BCUT2D eigenvalue weighted by molar-refractivity contribution is -0.230. The number of aliphatic carboxylic acids is 1. The van der Waals surface area contributed by atoms with Crippen molar-refractivity contribution in [1.82, 2.24) is 5.32 Å². The first kappa shape index (κ1) is 18.4. The highest BCUT2D eigenvalue weighted by Crippen LogP contribution is 2.44. The standard InChI is InChI=1S/C18H25NO5/c1-4-10-18(15(21)22)17(3,16(2,23)11-12-24-18)19-14(20)13-8-6-5-7-9-13/h5-9,23H,4,10-12H2,1-3H3,(H,19,20)(H,21,22). The van der Waals surface area contributed by atoms with Crippen LogP contribution in [0.5, 0.6) is 0 Å². The Balaban J connectivity index is 2.48. The average molecular weight is 335 g/mol. The number of rotatable bonds is 5. The van der Waals surface area contributed by atoms with Gasteiger partial charge in [0.2, 0.25) is 0 Å². The Kier molecular flexibility index (Phi) is 5.01. The number of hydrogen-bond acceptors (Lipinski definition) is 4. The molecule has 0 saturated carbocycles. The Hall–Kier alpha value is -1.92. The van der Waals surface area contributed by atoms with Crippen LogP contribution in [0, 0.1) is 0 Å². The van der Waals surface area contributed by atoms with Gasteiger partial charge in [-0.1, -0.05) is 31.5 Å². The Morgan fingerprint density at radius 2 is 1.88 bits per heavy atom. The molecule has 2 rings (SSSR count). The normalized spacial score (nSPS) is 33.0. The molecule has 6 heteroatoms. The molecule has 0 radical (unpaired) electrons. The fraction of sp³-hybridized carbons (Fsp3) is 0.556. The molecule has 1 heterocycles. The number of carboxylic acids is 1. The van der Waals surface area contributed by atoms with Crippen molar-refractivity contribution in [2.24, 2.45) is 0 Å². The largest absolute Gasteiger partial charge is 0.479 e. The minimum absolute atomic E-state index is 0.121. The van der Waals surface area contributed by atoms with Crippen LogP contribution in [0.1, 0.15) is 50.4 Å². The summed E-state index contributed by atoms with van der Waals surface area (Å²) >= 11 is 0. The number of benzene rings is 1. The van der Waals surface area contributed by atoms with Crippen molar-refractivity contribution in [2.45, 2.75) is 56.8 Å². The third kappa shape index (κ3) is 2.80. The van der Waals surface area contributed by atoms with Gasteiger partial charge < -0.3 is 20.3 Å². The lowest BCUT2D eigenvalue weighted by Crippen LogP contribution is -2.78. The van der Waals surface area contributed by atoms with E-state index in [1.807, 2.05) is 6.92 Å². The SMILES string of the molecule is CCCC1(C(=O)O)OCCC(C)(O)C1(C)NC(=O)c1ccccc1. The minimum atomic E-state index is -1.69. The molecule has 1 amide bonds. The Bertz CT molecular complexity index is 611. The maximum absolute atomic E-state index is 12.6. The van der Waals surface area contributed by atoms with E-state index >= 15 is 0 Å². The van der Waals surface area contributed by atoms with Gasteiger partial charge in [0.15, 0.2) is 5.60 Å². The number of carbonyl (C=O) groups excluding carboxylic acids is 1. The summed E-state index contributed by atoms with van der Waals surface area (Å²) in [5.74, 6) is -1.62. The molecular formula is C18H25NO5. The van der Waals surface area contributed by atoms with Crippen molar-refractivity contribution in [3.63, 3.8) is 0 Å². The van der Waals surface area contributed by atoms with Crippen molar-refractivity contribution in [3.8, 4) is 0 Å². The first-order valence-corrected chi connectivity index (χ1v) is 8.17. The minimum Gasteiger partial charge on any atom is -0.479 e. The lowest BCUT2D eigenvalue weighted by Gasteiger charge is -2.56. The van der Waals surface area contributed by atoms with Crippen LogP contribution in [0.4, 0.5) is 0 Å². The summed E-state index contributed by atoms with van der Waals surface area (Å²) in [6, 6.07) is 8.52. The van der Waals surface area contributed by atoms with Crippen LogP contribution < -0.4 is 5.32 Å². The summed E-state index contributed by atoms with van der Waals surface area (Å²) in [6.07, 6.45) is 0.959. The van der Waals surface area contributed by atoms with Crippen molar-refractivity contribution in [1.29, 1.82) is 0 Å². The van der Waals surface area contributed by atoms with Crippen LogP contribution in [-0.4, -0.2) is 45.4 Å². The summed E-state index contributed by atoms with van der Waals surface area (Å²) in [5.41, 5.74) is -4.19. The van der Waals surface area contributed by atoms with E-state index in [1.165, 1.54) is 0 Å². The fourth-order valence-electron chi connectivity index (χ4n) is 3.43. The number of amides is 1. The number of ether oxygens (including phenoxy) is 1. The predicted octanol–water partition coefficient (Wildman–Crippen LogP) is 1.97. The first-order chi connectivity index (χ1) is 11.2. The maximum atomic E-state index is 12.6. The second kappa shape index (κ2) is 6.53.